The molecule has 2 N–H and O–H groups in total. The summed E-state index contributed by atoms with van der Waals surface area (Å²) >= 11 is 0. The van der Waals surface area contributed by atoms with Crippen LogP contribution < -0.4 is 24.3 Å². The van der Waals surface area contributed by atoms with Crippen LogP contribution in [0.5, 0.6) is 28.7 Å². The third-order valence-electron chi connectivity index (χ3n) is 8.20. The Hall–Kier alpha value is -4.44. The number of nitrogens with one attached hydrogen (secondary N) is 1. The highest BCUT2D eigenvalue weighted by Gasteiger charge is 2.53. The van der Waals surface area contributed by atoms with Crippen LogP contribution in [-0.2, 0) is 25.5 Å². The molecule has 10 nitrogen and oxygen atoms in total. The fraction of sp³-hybridized carbons (Fsp3) is 0.355. The Bertz CT molecular complexity index is 1450. The molecule has 1 saturated heterocycles. The van der Waals surface area contributed by atoms with Gasteiger partial charge in [-0.1, -0.05) is 30.3 Å². The second-order valence-electron chi connectivity index (χ2n) is 10.3. The van der Waals surface area contributed by atoms with Gasteiger partial charge >= 0.3 is 11.9 Å². The van der Waals surface area contributed by atoms with Gasteiger partial charge in [-0.3, -0.25) is 14.9 Å². The monoisotopic (exact) mass is 561 g/mol. The number of carbonyl (C=O) groups excluding carboxylic acids is 2. The van der Waals surface area contributed by atoms with E-state index in [0.29, 0.717) is 23.5 Å². The summed E-state index contributed by atoms with van der Waals surface area (Å²) in [4.78, 5) is 26.4. The molecule has 41 heavy (non-hydrogen) atoms. The SMILES string of the molecule is COC(=O)C(Cc1ccccc1)N[C@@H]1c2cc3c(cc2[C@@H](c2cc(OC)c(O)c(OC)c2)[C@H]2C(=O)OC[C@@H]21)OCO3. The summed E-state index contributed by atoms with van der Waals surface area (Å²) in [5.41, 5.74) is 3.34. The van der Waals surface area contributed by atoms with Crippen molar-refractivity contribution in [2.45, 2.75) is 24.4 Å². The van der Waals surface area contributed by atoms with Gasteiger partial charge in [-0.15, -0.1) is 0 Å². The molecular formula is C31H31NO9. The van der Waals surface area contributed by atoms with E-state index >= 15 is 0 Å². The van der Waals surface area contributed by atoms with Crippen molar-refractivity contribution < 1.29 is 43.1 Å². The first-order valence-electron chi connectivity index (χ1n) is 13.4. The quantitative estimate of drug-likeness (QED) is 0.395. The van der Waals surface area contributed by atoms with Crippen molar-refractivity contribution in [2.24, 2.45) is 11.8 Å². The second kappa shape index (κ2) is 10.9. The van der Waals surface area contributed by atoms with Crippen molar-refractivity contribution in [3.8, 4) is 28.7 Å². The van der Waals surface area contributed by atoms with E-state index in [4.69, 9.17) is 28.4 Å². The van der Waals surface area contributed by atoms with Crippen molar-refractivity contribution in [1.82, 2.24) is 5.32 Å². The number of phenolic OH excluding ortho intramolecular Hbond substituents is 1. The first kappa shape index (κ1) is 26.8. The van der Waals surface area contributed by atoms with Gasteiger partial charge in [-0.25, -0.2) is 0 Å². The van der Waals surface area contributed by atoms with Crippen LogP contribution in [0.3, 0.4) is 0 Å². The maximum atomic E-state index is 13.4. The van der Waals surface area contributed by atoms with Crippen LogP contribution in [0.2, 0.25) is 0 Å². The number of phenols is 1. The molecule has 0 amide bonds. The van der Waals surface area contributed by atoms with Crippen LogP contribution in [0.25, 0.3) is 0 Å². The fourth-order valence-electron chi connectivity index (χ4n) is 6.29. The average Bonchev–Trinajstić information content (AvgIpc) is 3.62. The van der Waals surface area contributed by atoms with Crippen molar-refractivity contribution in [1.29, 1.82) is 0 Å². The predicted molar refractivity (Wildman–Crippen MR) is 145 cm³/mol. The van der Waals surface area contributed by atoms with E-state index in [1.807, 2.05) is 42.5 Å². The Morgan fingerprint density at radius 2 is 1.63 bits per heavy atom. The van der Waals surface area contributed by atoms with E-state index in [1.165, 1.54) is 21.3 Å². The van der Waals surface area contributed by atoms with Gasteiger partial charge in [0.05, 0.1) is 33.9 Å². The van der Waals surface area contributed by atoms with Crippen LogP contribution in [0.1, 0.15) is 34.2 Å². The second-order valence-corrected chi connectivity index (χ2v) is 10.3. The number of cyclic esters (lactones) is 1. The molecule has 1 unspecified atom stereocenters. The summed E-state index contributed by atoms with van der Waals surface area (Å²) in [6.07, 6.45) is 0.395. The third kappa shape index (κ3) is 4.67. The van der Waals surface area contributed by atoms with Crippen molar-refractivity contribution in [3.05, 3.63) is 76.9 Å². The predicted octanol–water partition coefficient (Wildman–Crippen LogP) is 3.49. The van der Waals surface area contributed by atoms with E-state index in [-0.39, 0.29) is 42.5 Å². The molecule has 0 aromatic heterocycles. The van der Waals surface area contributed by atoms with Gasteiger partial charge in [-0.05, 0) is 52.9 Å². The maximum absolute atomic E-state index is 13.4. The van der Waals surface area contributed by atoms with Gasteiger partial charge in [0.2, 0.25) is 12.5 Å². The Kier molecular flexibility index (Phi) is 7.08. The van der Waals surface area contributed by atoms with Crippen LogP contribution in [-0.4, -0.2) is 57.8 Å². The molecule has 5 atom stereocenters. The van der Waals surface area contributed by atoms with E-state index in [9.17, 15) is 14.7 Å². The molecule has 3 aromatic rings. The standard InChI is InChI=1S/C31H31NO9/c1-36-24-10-17(11-25(37-2)29(24)33)26-18-12-22-23(41-15-40-22)13-19(18)28(20-14-39-31(35)27(20)26)32-21(30(34)38-3)9-16-7-5-4-6-8-16/h4-8,10-13,20-21,26-28,32-33H,9,14-15H2,1-3H3/t20-,21?,26+,27-,28+/m0/s1. The third-order valence-corrected chi connectivity index (χ3v) is 8.20. The van der Waals surface area contributed by atoms with E-state index in [2.05, 4.69) is 5.32 Å². The van der Waals surface area contributed by atoms with Crippen molar-refractivity contribution in [3.63, 3.8) is 0 Å². The van der Waals surface area contributed by atoms with E-state index in [0.717, 1.165) is 16.7 Å². The van der Waals surface area contributed by atoms with Crippen molar-refractivity contribution >= 4 is 11.9 Å². The van der Waals surface area contributed by atoms with Gasteiger partial charge in [-0.2, -0.15) is 0 Å². The van der Waals surface area contributed by atoms with Crippen molar-refractivity contribution in [2.75, 3.05) is 34.7 Å². The summed E-state index contributed by atoms with van der Waals surface area (Å²) in [7, 11) is 4.27. The molecule has 3 aromatic carbocycles. The van der Waals surface area contributed by atoms with Gasteiger partial charge < -0.3 is 33.5 Å². The molecule has 214 valence electrons. The molecule has 3 aliphatic rings. The van der Waals surface area contributed by atoms with Gasteiger partial charge in [0.15, 0.2) is 23.0 Å². The van der Waals surface area contributed by atoms with E-state index < -0.39 is 29.9 Å². The summed E-state index contributed by atoms with van der Waals surface area (Å²) in [5, 5.41) is 14.1. The first-order chi connectivity index (χ1) is 19.9. The number of fused-ring (bicyclic) bond motifs is 3. The molecule has 0 radical (unpaired) electrons. The topological polar surface area (TPSA) is 122 Å². The number of methoxy groups -OCH3 is 3. The molecule has 2 heterocycles. The number of hydrogen-bond donors (Lipinski definition) is 2. The Labute approximate surface area is 237 Å². The van der Waals surface area contributed by atoms with Gasteiger partial charge in [0, 0.05) is 17.9 Å². The highest BCUT2D eigenvalue weighted by atomic mass is 16.7. The lowest BCUT2D eigenvalue weighted by atomic mass is 9.65. The van der Waals surface area contributed by atoms with E-state index in [1.54, 1.807) is 12.1 Å². The number of rotatable bonds is 8. The molecule has 10 heteroatoms. The lowest BCUT2D eigenvalue weighted by Gasteiger charge is -2.40. The zero-order valence-corrected chi connectivity index (χ0v) is 22.9. The molecule has 0 bridgehead atoms. The number of carbonyl (C=O) groups is 2. The van der Waals surface area contributed by atoms with Crippen LogP contribution in [0.4, 0.5) is 0 Å². The summed E-state index contributed by atoms with van der Waals surface area (Å²) in [6.45, 7) is 0.243. The molecule has 6 rings (SSSR count). The zero-order chi connectivity index (χ0) is 28.7. The normalized spacial score (nSPS) is 22.8. The maximum Gasteiger partial charge on any atom is 0.323 e. The smallest absolute Gasteiger partial charge is 0.323 e. The summed E-state index contributed by atoms with van der Waals surface area (Å²) in [6, 6.07) is 15.8. The summed E-state index contributed by atoms with van der Waals surface area (Å²) in [5.74, 6) is -0.716. The lowest BCUT2D eigenvalue weighted by Crippen LogP contribution is -2.48. The molecular weight excluding hydrogens is 530 g/mol. The minimum absolute atomic E-state index is 0.0789. The highest BCUT2D eigenvalue weighted by molar-refractivity contribution is 5.80. The zero-order valence-electron chi connectivity index (χ0n) is 22.9. The molecule has 1 aliphatic carbocycles. The number of ether oxygens (including phenoxy) is 6. The van der Waals surface area contributed by atoms with Gasteiger partial charge in [0.25, 0.3) is 0 Å². The van der Waals surface area contributed by atoms with Gasteiger partial charge in [0.1, 0.15) is 6.04 Å². The molecule has 0 saturated carbocycles. The molecule has 2 aliphatic heterocycles. The number of aromatic hydroxyl groups is 1. The highest BCUT2D eigenvalue weighted by Crippen LogP contribution is 2.55. The largest absolute Gasteiger partial charge is 0.502 e. The Balaban J connectivity index is 1.49. The lowest BCUT2D eigenvalue weighted by molar-refractivity contribution is -0.143. The molecule has 1 fully saturated rings. The Morgan fingerprint density at radius 3 is 2.27 bits per heavy atom. The van der Waals surface area contributed by atoms with Crippen LogP contribution in [0, 0.1) is 11.8 Å². The first-order valence-corrected chi connectivity index (χ1v) is 13.4. The summed E-state index contributed by atoms with van der Waals surface area (Å²) < 4.78 is 33.2. The fourth-order valence-corrected chi connectivity index (χ4v) is 6.29. The number of hydrogen-bond acceptors (Lipinski definition) is 10. The minimum atomic E-state index is -0.688. The Morgan fingerprint density at radius 1 is 0.976 bits per heavy atom. The van der Waals surface area contributed by atoms with Crippen LogP contribution >= 0.6 is 0 Å². The minimum Gasteiger partial charge on any atom is -0.502 e. The average molecular weight is 562 g/mol. The van der Waals surface area contributed by atoms with Crippen LogP contribution in [0.15, 0.2) is 54.6 Å². The number of benzene rings is 3. The number of esters is 2. The molecule has 0 spiro atoms.